The zero-order chi connectivity index (χ0) is 14.4. The van der Waals surface area contributed by atoms with Crippen LogP contribution in [0.15, 0.2) is 23.3 Å². The predicted octanol–water partition coefficient (Wildman–Crippen LogP) is 1.17. The number of hydrogen-bond donors (Lipinski definition) is 2. The number of nitro benzene ring substituents is 1. The third-order valence-corrected chi connectivity index (χ3v) is 2.32. The number of rotatable bonds is 5. The van der Waals surface area contributed by atoms with Crippen molar-refractivity contribution in [1.82, 2.24) is 0 Å². The Balaban J connectivity index is 3.12. The van der Waals surface area contributed by atoms with Crippen LogP contribution in [0.2, 0.25) is 0 Å². The van der Waals surface area contributed by atoms with Crippen LogP contribution in [-0.4, -0.2) is 27.8 Å². The van der Waals surface area contributed by atoms with Crippen molar-refractivity contribution in [2.45, 2.75) is 12.2 Å². The molecule has 19 heavy (non-hydrogen) atoms. The topological polar surface area (TPSA) is 156 Å². The molecule has 2 atom stereocenters. The maximum absolute atomic E-state index is 10.7. The van der Waals surface area contributed by atoms with Gasteiger partial charge in [-0.05, 0) is 17.2 Å². The van der Waals surface area contributed by atoms with E-state index in [1.165, 1.54) is 6.07 Å². The average Bonchev–Trinajstić information content (AvgIpc) is 2.43. The molecule has 1 aromatic rings. The minimum absolute atomic E-state index is 0.00592. The van der Waals surface area contributed by atoms with Gasteiger partial charge in [-0.1, -0.05) is 5.11 Å². The van der Waals surface area contributed by atoms with Crippen molar-refractivity contribution in [2.75, 3.05) is 6.54 Å². The molecule has 2 N–H and O–H groups in total. The summed E-state index contributed by atoms with van der Waals surface area (Å²) < 4.78 is 0. The van der Waals surface area contributed by atoms with Crippen molar-refractivity contribution in [3.8, 4) is 6.07 Å². The Labute approximate surface area is 107 Å². The van der Waals surface area contributed by atoms with Gasteiger partial charge in [0.1, 0.15) is 6.10 Å². The Morgan fingerprint density at radius 1 is 1.53 bits per heavy atom. The highest BCUT2D eigenvalue weighted by Gasteiger charge is 2.21. The average molecular weight is 263 g/mol. The van der Waals surface area contributed by atoms with Crippen molar-refractivity contribution < 1.29 is 15.1 Å². The van der Waals surface area contributed by atoms with Crippen LogP contribution in [0.5, 0.6) is 0 Å². The summed E-state index contributed by atoms with van der Waals surface area (Å²) in [6.45, 7) is -0.387. The molecule has 1 aromatic carbocycles. The van der Waals surface area contributed by atoms with Gasteiger partial charge in [-0.3, -0.25) is 10.1 Å². The molecule has 0 saturated carbocycles. The first-order chi connectivity index (χ1) is 8.99. The molecule has 9 nitrogen and oxygen atoms in total. The van der Waals surface area contributed by atoms with E-state index in [1.807, 2.05) is 0 Å². The lowest BCUT2D eigenvalue weighted by molar-refractivity contribution is -0.385. The third-order valence-electron chi connectivity index (χ3n) is 2.32. The van der Waals surface area contributed by atoms with Crippen LogP contribution in [0.4, 0.5) is 5.69 Å². The maximum Gasteiger partial charge on any atom is 0.271 e. The van der Waals surface area contributed by atoms with E-state index in [4.69, 9.17) is 10.8 Å². The van der Waals surface area contributed by atoms with Crippen molar-refractivity contribution in [1.29, 1.82) is 5.26 Å². The predicted molar refractivity (Wildman–Crippen MR) is 62.8 cm³/mol. The molecule has 0 aliphatic rings. The molecule has 0 aliphatic carbocycles. The van der Waals surface area contributed by atoms with Crippen LogP contribution in [0.1, 0.15) is 17.2 Å². The van der Waals surface area contributed by atoms with E-state index in [9.17, 15) is 20.3 Å². The summed E-state index contributed by atoms with van der Waals surface area (Å²) in [6.07, 6.45) is -2.90. The minimum atomic E-state index is -1.49. The van der Waals surface area contributed by atoms with Crippen LogP contribution >= 0.6 is 0 Å². The lowest BCUT2D eigenvalue weighted by Gasteiger charge is -2.16. The SMILES string of the molecule is N#Cc1cc(C(O)C(O)CN=[N+]=[N-])cc([N+](=O)[O-])c1. The van der Waals surface area contributed by atoms with Gasteiger partial charge in [-0.25, -0.2) is 0 Å². The number of nitriles is 1. The number of nitrogens with zero attached hydrogens (tertiary/aromatic N) is 5. The van der Waals surface area contributed by atoms with E-state index in [1.54, 1.807) is 6.07 Å². The van der Waals surface area contributed by atoms with Crippen LogP contribution < -0.4 is 0 Å². The van der Waals surface area contributed by atoms with E-state index in [0.29, 0.717) is 0 Å². The number of azide groups is 1. The molecule has 0 radical (unpaired) electrons. The van der Waals surface area contributed by atoms with Crippen molar-refractivity contribution in [2.24, 2.45) is 5.11 Å². The smallest absolute Gasteiger partial charge is 0.271 e. The number of nitro groups is 1. The van der Waals surface area contributed by atoms with Gasteiger partial charge in [-0.2, -0.15) is 5.26 Å². The Morgan fingerprint density at radius 3 is 2.74 bits per heavy atom. The van der Waals surface area contributed by atoms with Crippen LogP contribution in [0.3, 0.4) is 0 Å². The summed E-state index contributed by atoms with van der Waals surface area (Å²) in [5.74, 6) is 0. The maximum atomic E-state index is 10.7. The fourth-order valence-corrected chi connectivity index (χ4v) is 1.42. The van der Waals surface area contributed by atoms with E-state index >= 15 is 0 Å². The molecule has 0 aliphatic heterocycles. The highest BCUT2D eigenvalue weighted by molar-refractivity contribution is 5.45. The Kier molecular flexibility index (Phi) is 4.79. The van der Waals surface area contributed by atoms with Gasteiger partial charge in [0.05, 0.1) is 29.2 Å². The van der Waals surface area contributed by atoms with Gasteiger partial charge in [0.15, 0.2) is 0 Å². The molecule has 2 unspecified atom stereocenters. The van der Waals surface area contributed by atoms with Gasteiger partial charge in [0.2, 0.25) is 0 Å². The summed E-state index contributed by atoms with van der Waals surface area (Å²) in [6, 6.07) is 5.04. The molecule has 0 saturated heterocycles. The second-order valence-electron chi connectivity index (χ2n) is 3.61. The molecule has 98 valence electrons. The lowest BCUT2D eigenvalue weighted by Crippen LogP contribution is -2.21. The first-order valence-electron chi connectivity index (χ1n) is 5.06. The molecule has 0 bridgehead atoms. The van der Waals surface area contributed by atoms with Gasteiger partial charge < -0.3 is 10.2 Å². The molecular formula is C10H9N5O4. The van der Waals surface area contributed by atoms with Crippen molar-refractivity contribution in [3.05, 3.63) is 49.9 Å². The number of benzene rings is 1. The van der Waals surface area contributed by atoms with E-state index in [0.717, 1.165) is 12.1 Å². The summed E-state index contributed by atoms with van der Waals surface area (Å²) in [5, 5.41) is 41.8. The summed E-state index contributed by atoms with van der Waals surface area (Å²) >= 11 is 0. The van der Waals surface area contributed by atoms with Crippen LogP contribution in [-0.2, 0) is 0 Å². The van der Waals surface area contributed by atoms with Crippen LogP contribution in [0, 0.1) is 21.4 Å². The normalized spacial score (nSPS) is 12.9. The summed E-state index contributed by atoms with van der Waals surface area (Å²) in [5.41, 5.74) is 7.72. The fraction of sp³-hybridized carbons (Fsp3) is 0.300. The molecule has 9 heteroatoms. The Bertz CT molecular complexity index is 576. The first kappa shape index (κ1) is 14.4. The van der Waals surface area contributed by atoms with E-state index < -0.39 is 17.1 Å². The number of hydrogen-bond acceptors (Lipinski definition) is 6. The monoisotopic (exact) mass is 263 g/mol. The van der Waals surface area contributed by atoms with Crippen molar-refractivity contribution in [3.63, 3.8) is 0 Å². The van der Waals surface area contributed by atoms with Gasteiger partial charge in [0, 0.05) is 17.0 Å². The molecule has 0 fully saturated rings. The Morgan fingerprint density at radius 2 is 2.21 bits per heavy atom. The quantitative estimate of drug-likeness (QED) is 0.268. The Hall–Kier alpha value is -2.66. The van der Waals surface area contributed by atoms with Gasteiger partial charge in [0.25, 0.3) is 5.69 Å². The van der Waals surface area contributed by atoms with Crippen molar-refractivity contribution >= 4 is 5.69 Å². The molecule has 0 aromatic heterocycles. The van der Waals surface area contributed by atoms with Gasteiger partial charge >= 0.3 is 0 Å². The third kappa shape index (κ3) is 3.65. The second kappa shape index (κ2) is 6.32. The lowest BCUT2D eigenvalue weighted by atomic mass is 10.0. The minimum Gasteiger partial charge on any atom is -0.390 e. The number of aliphatic hydroxyl groups excluding tert-OH is 2. The van der Waals surface area contributed by atoms with Gasteiger partial charge in [-0.15, -0.1) is 0 Å². The highest BCUT2D eigenvalue weighted by atomic mass is 16.6. The molecule has 0 amide bonds. The standard InChI is InChI=1S/C10H9N5O4/c11-4-6-1-7(3-8(2-6)15(18)19)10(17)9(16)5-13-14-12/h1-3,9-10,16-17H,5H2. The zero-order valence-electron chi connectivity index (χ0n) is 9.54. The molecule has 0 heterocycles. The molecular weight excluding hydrogens is 254 g/mol. The number of aliphatic hydroxyl groups is 2. The number of non-ortho nitro benzene ring substituents is 1. The van der Waals surface area contributed by atoms with E-state index in [2.05, 4.69) is 10.0 Å². The molecule has 0 spiro atoms. The molecule has 1 rings (SSSR count). The second-order valence-corrected chi connectivity index (χ2v) is 3.61. The fourth-order valence-electron chi connectivity index (χ4n) is 1.42. The first-order valence-corrected chi connectivity index (χ1v) is 5.06. The summed E-state index contributed by atoms with van der Waals surface area (Å²) in [4.78, 5) is 12.4. The largest absolute Gasteiger partial charge is 0.390 e. The summed E-state index contributed by atoms with van der Waals surface area (Å²) in [7, 11) is 0. The van der Waals surface area contributed by atoms with E-state index in [-0.39, 0.29) is 23.4 Å². The van der Waals surface area contributed by atoms with Crippen LogP contribution in [0.25, 0.3) is 10.4 Å². The zero-order valence-corrected chi connectivity index (χ0v) is 9.54. The highest BCUT2D eigenvalue weighted by Crippen LogP contribution is 2.24.